The van der Waals surface area contributed by atoms with E-state index in [9.17, 15) is 13.9 Å². The predicted octanol–water partition coefficient (Wildman–Crippen LogP) is 2.46. The molecule has 0 bridgehead atoms. The van der Waals surface area contributed by atoms with E-state index in [1.807, 2.05) is 13.8 Å². The zero-order chi connectivity index (χ0) is 12.9. The van der Waals surface area contributed by atoms with Crippen molar-refractivity contribution in [2.45, 2.75) is 26.8 Å². The molecule has 0 heterocycles. The topological polar surface area (TPSA) is 32.3 Å². The lowest BCUT2D eigenvalue weighted by molar-refractivity contribution is 0.135. The smallest absolute Gasteiger partial charge is 0.126 e. The molecule has 0 aromatic heterocycles. The van der Waals surface area contributed by atoms with Gasteiger partial charge in [-0.2, -0.15) is 0 Å². The molecule has 0 aliphatic carbocycles. The number of rotatable bonds is 6. The normalized spacial score (nSPS) is 14.6. The molecule has 96 valence electrons. The Kier molecular flexibility index (Phi) is 5.02. The van der Waals surface area contributed by atoms with Gasteiger partial charge in [0.05, 0.1) is 0 Å². The van der Waals surface area contributed by atoms with Gasteiger partial charge in [-0.1, -0.05) is 13.8 Å². The fourth-order valence-electron chi connectivity index (χ4n) is 1.51. The lowest BCUT2D eigenvalue weighted by atomic mass is 9.88. The third-order valence-electron chi connectivity index (χ3n) is 3.04. The van der Waals surface area contributed by atoms with Crippen molar-refractivity contribution in [3.63, 3.8) is 0 Å². The largest absolute Gasteiger partial charge is 0.396 e. The minimum Gasteiger partial charge on any atom is -0.396 e. The van der Waals surface area contributed by atoms with Crippen LogP contribution in [0.5, 0.6) is 0 Å². The van der Waals surface area contributed by atoms with Gasteiger partial charge in [-0.05, 0) is 24.1 Å². The predicted molar refractivity (Wildman–Crippen MR) is 63.5 cm³/mol. The minimum atomic E-state index is -0.567. The fourth-order valence-corrected chi connectivity index (χ4v) is 1.51. The zero-order valence-electron chi connectivity index (χ0n) is 10.3. The number of hydrogen-bond acceptors (Lipinski definition) is 2. The van der Waals surface area contributed by atoms with Crippen molar-refractivity contribution in [1.82, 2.24) is 5.32 Å². The van der Waals surface area contributed by atoms with Crippen LogP contribution in [0.1, 0.15) is 25.8 Å². The summed E-state index contributed by atoms with van der Waals surface area (Å²) >= 11 is 0. The summed E-state index contributed by atoms with van der Waals surface area (Å²) in [7, 11) is 0. The SMILES string of the molecule is CC[C@@](C)(CO)CNCc1cc(F)cc(F)c1. The molecule has 0 saturated heterocycles. The van der Waals surface area contributed by atoms with E-state index < -0.39 is 11.6 Å². The number of nitrogens with one attached hydrogen (secondary N) is 1. The van der Waals surface area contributed by atoms with Crippen molar-refractivity contribution in [1.29, 1.82) is 0 Å². The van der Waals surface area contributed by atoms with Gasteiger partial charge in [0.1, 0.15) is 11.6 Å². The molecule has 0 unspecified atom stereocenters. The van der Waals surface area contributed by atoms with E-state index in [0.29, 0.717) is 18.7 Å². The Bertz CT molecular complexity index is 344. The van der Waals surface area contributed by atoms with Gasteiger partial charge in [-0.25, -0.2) is 8.78 Å². The highest BCUT2D eigenvalue weighted by molar-refractivity contribution is 5.17. The van der Waals surface area contributed by atoms with Gasteiger partial charge in [-0.15, -0.1) is 0 Å². The third kappa shape index (κ3) is 4.40. The Hall–Kier alpha value is -1.00. The third-order valence-corrected chi connectivity index (χ3v) is 3.04. The van der Waals surface area contributed by atoms with Crippen LogP contribution in [-0.2, 0) is 6.54 Å². The zero-order valence-corrected chi connectivity index (χ0v) is 10.3. The van der Waals surface area contributed by atoms with E-state index in [4.69, 9.17) is 0 Å². The molecule has 1 aromatic rings. The summed E-state index contributed by atoms with van der Waals surface area (Å²) in [5.41, 5.74) is 0.380. The Morgan fingerprint density at radius 1 is 1.24 bits per heavy atom. The average molecular weight is 243 g/mol. The van der Waals surface area contributed by atoms with Crippen LogP contribution in [0.4, 0.5) is 8.78 Å². The number of halogens is 2. The van der Waals surface area contributed by atoms with Crippen LogP contribution >= 0.6 is 0 Å². The summed E-state index contributed by atoms with van der Waals surface area (Å²) in [6, 6.07) is 3.46. The van der Waals surface area contributed by atoms with Crippen molar-refractivity contribution >= 4 is 0 Å². The van der Waals surface area contributed by atoms with Gasteiger partial charge < -0.3 is 10.4 Å². The monoisotopic (exact) mass is 243 g/mol. The molecule has 2 N–H and O–H groups in total. The van der Waals surface area contributed by atoms with Crippen LogP contribution in [0.3, 0.4) is 0 Å². The summed E-state index contributed by atoms with van der Waals surface area (Å²) in [5.74, 6) is -1.13. The number of aliphatic hydroxyl groups is 1. The van der Waals surface area contributed by atoms with Crippen molar-refractivity contribution in [2.75, 3.05) is 13.2 Å². The summed E-state index contributed by atoms with van der Waals surface area (Å²) in [6.07, 6.45) is 0.841. The molecule has 0 amide bonds. The van der Waals surface area contributed by atoms with Crippen LogP contribution in [0.2, 0.25) is 0 Å². The summed E-state index contributed by atoms with van der Waals surface area (Å²) < 4.78 is 25.8. The van der Waals surface area contributed by atoms with E-state index in [0.717, 1.165) is 12.5 Å². The van der Waals surface area contributed by atoms with Gasteiger partial charge in [0.25, 0.3) is 0 Å². The van der Waals surface area contributed by atoms with E-state index in [1.54, 1.807) is 0 Å². The molecule has 0 aliphatic heterocycles. The Morgan fingerprint density at radius 2 is 1.82 bits per heavy atom. The van der Waals surface area contributed by atoms with Crippen LogP contribution in [-0.4, -0.2) is 18.3 Å². The van der Waals surface area contributed by atoms with Crippen LogP contribution in [0.15, 0.2) is 18.2 Å². The van der Waals surface area contributed by atoms with Gasteiger partial charge in [0.2, 0.25) is 0 Å². The molecule has 2 nitrogen and oxygen atoms in total. The molecule has 1 atom stereocenters. The van der Waals surface area contributed by atoms with E-state index in [-0.39, 0.29) is 12.0 Å². The van der Waals surface area contributed by atoms with Crippen LogP contribution in [0, 0.1) is 17.0 Å². The maximum atomic E-state index is 12.9. The number of hydrogen-bond donors (Lipinski definition) is 2. The second-order valence-corrected chi connectivity index (χ2v) is 4.70. The first-order chi connectivity index (χ1) is 7.99. The van der Waals surface area contributed by atoms with Crippen molar-refractivity contribution in [3.8, 4) is 0 Å². The Balaban J connectivity index is 2.51. The summed E-state index contributed by atoms with van der Waals surface area (Å²) in [6.45, 7) is 5.06. The molecule has 0 spiro atoms. The Morgan fingerprint density at radius 3 is 2.29 bits per heavy atom. The molecule has 0 radical (unpaired) electrons. The number of benzene rings is 1. The standard InChI is InChI=1S/C13H19F2NO/c1-3-13(2,9-17)8-16-7-10-4-11(14)6-12(15)5-10/h4-6,16-17H,3,7-9H2,1-2H3/t13-/m1/s1. The molecule has 4 heteroatoms. The molecular weight excluding hydrogens is 224 g/mol. The van der Waals surface area contributed by atoms with Crippen LogP contribution in [0.25, 0.3) is 0 Å². The first kappa shape index (κ1) is 14.1. The lowest BCUT2D eigenvalue weighted by Gasteiger charge is -2.25. The molecular formula is C13H19F2NO. The summed E-state index contributed by atoms with van der Waals surface area (Å²) in [5, 5.41) is 12.3. The second kappa shape index (κ2) is 6.07. The molecule has 17 heavy (non-hydrogen) atoms. The fraction of sp³-hybridized carbons (Fsp3) is 0.538. The van der Waals surface area contributed by atoms with Gasteiger partial charge >= 0.3 is 0 Å². The molecule has 0 fully saturated rings. The first-order valence-electron chi connectivity index (χ1n) is 5.75. The van der Waals surface area contributed by atoms with Crippen molar-refractivity contribution < 1.29 is 13.9 Å². The van der Waals surface area contributed by atoms with E-state index >= 15 is 0 Å². The highest BCUT2D eigenvalue weighted by atomic mass is 19.1. The first-order valence-corrected chi connectivity index (χ1v) is 5.75. The highest BCUT2D eigenvalue weighted by Gasteiger charge is 2.20. The van der Waals surface area contributed by atoms with Crippen molar-refractivity contribution in [2.24, 2.45) is 5.41 Å². The Labute approximate surface area is 101 Å². The van der Waals surface area contributed by atoms with E-state index in [2.05, 4.69) is 5.32 Å². The highest BCUT2D eigenvalue weighted by Crippen LogP contribution is 2.18. The average Bonchev–Trinajstić information content (AvgIpc) is 2.27. The number of aliphatic hydroxyl groups excluding tert-OH is 1. The van der Waals surface area contributed by atoms with Gasteiger partial charge in [0, 0.05) is 31.2 Å². The minimum absolute atomic E-state index is 0.0913. The maximum Gasteiger partial charge on any atom is 0.126 e. The molecule has 1 aromatic carbocycles. The van der Waals surface area contributed by atoms with Crippen LogP contribution < -0.4 is 5.32 Å². The molecule has 1 rings (SSSR count). The maximum absolute atomic E-state index is 12.9. The van der Waals surface area contributed by atoms with Crippen molar-refractivity contribution in [3.05, 3.63) is 35.4 Å². The second-order valence-electron chi connectivity index (χ2n) is 4.70. The molecule has 0 saturated carbocycles. The van der Waals surface area contributed by atoms with Gasteiger partial charge in [0.15, 0.2) is 0 Å². The quantitative estimate of drug-likeness (QED) is 0.804. The van der Waals surface area contributed by atoms with Gasteiger partial charge in [-0.3, -0.25) is 0 Å². The lowest BCUT2D eigenvalue weighted by Crippen LogP contribution is -2.34. The molecule has 0 aliphatic rings. The summed E-state index contributed by atoms with van der Waals surface area (Å²) in [4.78, 5) is 0. The van der Waals surface area contributed by atoms with E-state index in [1.165, 1.54) is 12.1 Å².